The second-order valence-corrected chi connectivity index (χ2v) is 4.92. The van der Waals surface area contributed by atoms with Crippen LogP contribution in [-0.4, -0.2) is 16.6 Å². The Hall–Kier alpha value is -2.08. The zero-order chi connectivity index (χ0) is 15.0. The minimum atomic E-state index is -4.52. The summed E-state index contributed by atoms with van der Waals surface area (Å²) in [5, 5.41) is 13.5. The van der Waals surface area contributed by atoms with Crippen molar-refractivity contribution in [3.05, 3.63) is 58.9 Å². The monoisotopic (exact) mass is 294 g/mol. The van der Waals surface area contributed by atoms with Gasteiger partial charge in [-0.3, -0.25) is 4.98 Å². The van der Waals surface area contributed by atoms with E-state index in [0.717, 1.165) is 42.7 Å². The standard InChI is InChI=1S/C15H13F3N2O/c16-15(17,18)12-5-6-19-8-11(12)14(21)10-3-1-2-9-4-7-20-13(9)10/h1-3,5-6,8,14,20-21H,4,7H2. The predicted molar refractivity (Wildman–Crippen MR) is 71.9 cm³/mol. The summed E-state index contributed by atoms with van der Waals surface area (Å²) < 4.78 is 39.1. The molecular formula is C15H13F3N2O. The second kappa shape index (κ2) is 5.04. The second-order valence-electron chi connectivity index (χ2n) is 4.92. The number of rotatable bonds is 2. The van der Waals surface area contributed by atoms with Gasteiger partial charge in [0.1, 0.15) is 6.10 Å². The number of nitrogens with zero attached hydrogens (tertiary/aromatic N) is 1. The number of fused-ring (bicyclic) bond motifs is 1. The average molecular weight is 294 g/mol. The molecule has 0 fully saturated rings. The van der Waals surface area contributed by atoms with Crippen LogP contribution in [-0.2, 0) is 12.6 Å². The van der Waals surface area contributed by atoms with Crippen molar-refractivity contribution >= 4 is 5.69 Å². The van der Waals surface area contributed by atoms with Gasteiger partial charge in [0.25, 0.3) is 0 Å². The third-order valence-electron chi connectivity index (χ3n) is 3.63. The molecular weight excluding hydrogens is 281 g/mol. The highest BCUT2D eigenvalue weighted by atomic mass is 19.4. The first-order valence-corrected chi connectivity index (χ1v) is 6.53. The zero-order valence-electron chi connectivity index (χ0n) is 11.0. The number of anilines is 1. The van der Waals surface area contributed by atoms with Crippen LogP contribution in [0.1, 0.15) is 28.4 Å². The van der Waals surface area contributed by atoms with Gasteiger partial charge in [-0.2, -0.15) is 13.2 Å². The SMILES string of the molecule is OC(c1cnccc1C(F)(F)F)c1cccc2c1NCC2. The maximum absolute atomic E-state index is 13.0. The molecule has 21 heavy (non-hydrogen) atoms. The normalized spacial score (nSPS) is 15.4. The summed E-state index contributed by atoms with van der Waals surface area (Å²) in [4.78, 5) is 3.72. The Kier molecular flexibility index (Phi) is 3.33. The number of pyridine rings is 1. The van der Waals surface area contributed by atoms with Crippen LogP contribution in [0.15, 0.2) is 36.7 Å². The van der Waals surface area contributed by atoms with Crippen LogP contribution in [0.5, 0.6) is 0 Å². The number of hydrogen-bond acceptors (Lipinski definition) is 3. The van der Waals surface area contributed by atoms with Gasteiger partial charge in [-0.15, -0.1) is 0 Å². The van der Waals surface area contributed by atoms with Crippen molar-refractivity contribution < 1.29 is 18.3 Å². The summed E-state index contributed by atoms with van der Waals surface area (Å²) in [5.74, 6) is 0. The summed E-state index contributed by atoms with van der Waals surface area (Å²) in [5.41, 5.74) is 1.09. The number of para-hydroxylation sites is 1. The molecule has 3 rings (SSSR count). The third kappa shape index (κ3) is 2.47. The Bertz CT molecular complexity index is 670. The minimum Gasteiger partial charge on any atom is -0.384 e. The van der Waals surface area contributed by atoms with Crippen molar-refractivity contribution in [1.82, 2.24) is 4.98 Å². The molecule has 0 saturated carbocycles. The summed E-state index contributed by atoms with van der Waals surface area (Å²) in [7, 11) is 0. The van der Waals surface area contributed by atoms with Crippen molar-refractivity contribution in [2.75, 3.05) is 11.9 Å². The fourth-order valence-corrected chi connectivity index (χ4v) is 2.64. The number of alkyl halides is 3. The van der Waals surface area contributed by atoms with E-state index in [1.54, 1.807) is 12.1 Å². The molecule has 0 spiro atoms. The average Bonchev–Trinajstić information content (AvgIpc) is 2.94. The molecule has 2 heterocycles. The van der Waals surface area contributed by atoms with E-state index in [1.807, 2.05) is 6.07 Å². The quantitative estimate of drug-likeness (QED) is 0.894. The maximum Gasteiger partial charge on any atom is 0.416 e. The van der Waals surface area contributed by atoms with E-state index in [1.165, 1.54) is 0 Å². The van der Waals surface area contributed by atoms with Gasteiger partial charge in [0, 0.05) is 35.8 Å². The highest BCUT2D eigenvalue weighted by Crippen LogP contribution is 2.39. The lowest BCUT2D eigenvalue weighted by atomic mass is 9.95. The van der Waals surface area contributed by atoms with E-state index in [4.69, 9.17) is 0 Å². The summed E-state index contributed by atoms with van der Waals surface area (Å²) in [6.07, 6.45) is -2.94. The number of aromatic nitrogens is 1. The molecule has 2 aromatic rings. The van der Waals surface area contributed by atoms with Crippen LogP contribution < -0.4 is 5.32 Å². The number of hydrogen-bond donors (Lipinski definition) is 2. The molecule has 0 amide bonds. The summed E-state index contributed by atoms with van der Waals surface area (Å²) in [6.45, 7) is 0.720. The molecule has 1 aromatic carbocycles. The molecule has 3 nitrogen and oxygen atoms in total. The van der Waals surface area contributed by atoms with Gasteiger partial charge in [-0.1, -0.05) is 18.2 Å². The molecule has 2 N–H and O–H groups in total. The highest BCUT2D eigenvalue weighted by Gasteiger charge is 2.36. The molecule has 110 valence electrons. The van der Waals surface area contributed by atoms with Crippen LogP contribution in [0, 0.1) is 0 Å². The summed E-state index contributed by atoms with van der Waals surface area (Å²) in [6, 6.07) is 6.16. The zero-order valence-corrected chi connectivity index (χ0v) is 11.0. The van der Waals surface area contributed by atoms with Crippen LogP contribution in [0.2, 0.25) is 0 Å². The predicted octanol–water partition coefficient (Wildman–Crippen LogP) is 3.15. The molecule has 1 aromatic heterocycles. The first kappa shape index (κ1) is 13.9. The topological polar surface area (TPSA) is 45.2 Å². The van der Waals surface area contributed by atoms with Crippen LogP contribution in [0.25, 0.3) is 0 Å². The Labute approximate surface area is 119 Å². The lowest BCUT2D eigenvalue weighted by Crippen LogP contribution is -2.14. The van der Waals surface area contributed by atoms with E-state index >= 15 is 0 Å². The Morgan fingerprint density at radius 3 is 2.76 bits per heavy atom. The molecule has 0 saturated heterocycles. The third-order valence-corrected chi connectivity index (χ3v) is 3.63. The first-order chi connectivity index (χ1) is 9.98. The van der Waals surface area contributed by atoms with Crippen LogP contribution >= 0.6 is 0 Å². The van der Waals surface area contributed by atoms with E-state index in [-0.39, 0.29) is 5.56 Å². The molecule has 0 aliphatic carbocycles. The van der Waals surface area contributed by atoms with E-state index in [0.29, 0.717) is 5.56 Å². The Balaban J connectivity index is 2.08. The molecule has 1 unspecified atom stereocenters. The maximum atomic E-state index is 13.0. The molecule has 6 heteroatoms. The molecule has 1 aliphatic heterocycles. The largest absolute Gasteiger partial charge is 0.416 e. The van der Waals surface area contributed by atoms with E-state index in [9.17, 15) is 18.3 Å². The smallest absolute Gasteiger partial charge is 0.384 e. The van der Waals surface area contributed by atoms with Gasteiger partial charge in [0.15, 0.2) is 0 Å². The number of nitrogens with one attached hydrogen (secondary N) is 1. The number of benzene rings is 1. The Morgan fingerprint density at radius 2 is 2.00 bits per heavy atom. The van der Waals surface area contributed by atoms with Crippen LogP contribution in [0.3, 0.4) is 0 Å². The summed E-state index contributed by atoms with van der Waals surface area (Å²) >= 11 is 0. The molecule has 1 atom stereocenters. The lowest BCUT2D eigenvalue weighted by Gasteiger charge is -2.19. The van der Waals surface area contributed by atoms with Crippen molar-refractivity contribution in [3.8, 4) is 0 Å². The van der Waals surface area contributed by atoms with E-state index in [2.05, 4.69) is 10.3 Å². The van der Waals surface area contributed by atoms with Gasteiger partial charge < -0.3 is 10.4 Å². The highest BCUT2D eigenvalue weighted by molar-refractivity contribution is 5.63. The van der Waals surface area contributed by atoms with Crippen molar-refractivity contribution in [2.24, 2.45) is 0 Å². The van der Waals surface area contributed by atoms with Gasteiger partial charge in [0.2, 0.25) is 0 Å². The lowest BCUT2D eigenvalue weighted by molar-refractivity contribution is -0.139. The first-order valence-electron chi connectivity index (χ1n) is 6.53. The molecule has 0 bridgehead atoms. The molecule has 0 radical (unpaired) electrons. The van der Waals surface area contributed by atoms with Gasteiger partial charge >= 0.3 is 6.18 Å². The van der Waals surface area contributed by atoms with Crippen molar-refractivity contribution in [3.63, 3.8) is 0 Å². The van der Waals surface area contributed by atoms with Gasteiger partial charge in [-0.05, 0) is 18.1 Å². The number of aliphatic hydroxyl groups excluding tert-OH is 1. The van der Waals surface area contributed by atoms with Crippen LogP contribution in [0.4, 0.5) is 18.9 Å². The fraction of sp³-hybridized carbons (Fsp3) is 0.267. The van der Waals surface area contributed by atoms with Gasteiger partial charge in [-0.25, -0.2) is 0 Å². The fourth-order valence-electron chi connectivity index (χ4n) is 2.64. The molecule has 1 aliphatic rings. The van der Waals surface area contributed by atoms with Gasteiger partial charge in [0.05, 0.1) is 5.56 Å². The van der Waals surface area contributed by atoms with E-state index < -0.39 is 17.8 Å². The number of halogens is 3. The number of aliphatic hydroxyl groups is 1. The van der Waals surface area contributed by atoms with Crippen molar-refractivity contribution in [2.45, 2.75) is 18.7 Å². The van der Waals surface area contributed by atoms with Crippen molar-refractivity contribution in [1.29, 1.82) is 0 Å². The Morgan fingerprint density at radius 1 is 1.19 bits per heavy atom. The minimum absolute atomic E-state index is 0.230.